The van der Waals surface area contributed by atoms with Gasteiger partial charge in [0.25, 0.3) is 0 Å². The zero-order valence-electron chi connectivity index (χ0n) is 25.5. The summed E-state index contributed by atoms with van der Waals surface area (Å²) < 4.78 is 10.7. The maximum atomic E-state index is 13.8. The van der Waals surface area contributed by atoms with E-state index in [4.69, 9.17) is 9.47 Å². The summed E-state index contributed by atoms with van der Waals surface area (Å²) in [5, 5.41) is 9.39. The lowest BCUT2D eigenvalue weighted by atomic mass is 9.94. The van der Waals surface area contributed by atoms with Gasteiger partial charge in [-0.25, -0.2) is 4.98 Å². The molecule has 1 aliphatic carbocycles. The molecule has 11 nitrogen and oxygen atoms in total. The molecule has 12 heteroatoms. The van der Waals surface area contributed by atoms with Crippen molar-refractivity contribution in [2.24, 2.45) is 0 Å². The van der Waals surface area contributed by atoms with Crippen LogP contribution in [-0.2, 0) is 36.8 Å². The molecule has 2 fully saturated rings. The molecule has 3 aliphatic rings. The number of amides is 3. The maximum Gasteiger partial charge on any atom is 0.243 e. The Bertz CT molecular complexity index is 1400. The average molecular weight is 624 g/mol. The lowest BCUT2D eigenvalue weighted by Gasteiger charge is -2.30. The summed E-state index contributed by atoms with van der Waals surface area (Å²) in [6, 6.07) is 4.56. The van der Waals surface area contributed by atoms with Crippen LogP contribution in [0.5, 0.6) is 5.75 Å². The van der Waals surface area contributed by atoms with Gasteiger partial charge in [-0.1, -0.05) is 23.8 Å². The molecule has 0 spiro atoms. The molecule has 44 heavy (non-hydrogen) atoms. The number of epoxide rings is 1. The van der Waals surface area contributed by atoms with Gasteiger partial charge in [0.15, 0.2) is 10.9 Å². The van der Waals surface area contributed by atoms with Gasteiger partial charge in [-0.05, 0) is 63.6 Å². The first-order valence-corrected chi connectivity index (χ1v) is 16.0. The second-order valence-electron chi connectivity index (χ2n) is 11.9. The fourth-order valence-electron chi connectivity index (χ4n) is 5.34. The number of hydrogen-bond donors (Lipinski definition) is 3. The minimum Gasteiger partial charge on any atom is -0.497 e. The fourth-order valence-corrected chi connectivity index (χ4v) is 6.30. The molecule has 4 unspecified atom stereocenters. The Labute approximate surface area is 261 Å². The molecule has 2 saturated heterocycles. The van der Waals surface area contributed by atoms with Gasteiger partial charge in [0.05, 0.1) is 26.2 Å². The third kappa shape index (κ3) is 8.03. The Balaban J connectivity index is 1.24. The number of nitrogens with zero attached hydrogens (tertiary/aromatic N) is 2. The molecule has 3 heterocycles. The van der Waals surface area contributed by atoms with E-state index in [1.165, 1.54) is 11.3 Å². The standard InChI is InChI=1S/C32H41N5O6S/c1-20(34-27(38)17-24-18-33-31(44-24)37-13-6-14-37)29(40)36-26(16-22-9-11-23(42-3)12-10-22)30(41)35-25(15-21-7-4-5-8-21)28(39)32(2)19-43-32/h7,9-12,18,20,25-26H,4-6,8,13-17,19H2,1-3H3,(H,34,38)(H,35,41)(H,36,40). The molecule has 0 radical (unpaired) electrons. The third-order valence-corrected chi connectivity index (χ3v) is 9.40. The lowest BCUT2D eigenvalue weighted by molar-refractivity contribution is -0.134. The summed E-state index contributed by atoms with van der Waals surface area (Å²) in [6.45, 7) is 5.58. The van der Waals surface area contributed by atoms with E-state index >= 15 is 0 Å². The Hall–Kier alpha value is -3.77. The maximum absolute atomic E-state index is 13.8. The van der Waals surface area contributed by atoms with Crippen LogP contribution < -0.4 is 25.6 Å². The number of anilines is 1. The zero-order chi connectivity index (χ0) is 31.3. The van der Waals surface area contributed by atoms with E-state index in [0.29, 0.717) is 18.8 Å². The van der Waals surface area contributed by atoms with E-state index in [-0.39, 0.29) is 24.5 Å². The van der Waals surface area contributed by atoms with Gasteiger partial charge in [-0.2, -0.15) is 0 Å². The molecule has 0 bridgehead atoms. The number of Topliss-reactive ketones (excluding diaryl/α,β-unsaturated/α-hetero) is 1. The monoisotopic (exact) mass is 623 g/mol. The van der Waals surface area contributed by atoms with E-state index in [9.17, 15) is 19.2 Å². The normalized spacial score (nSPS) is 20.9. The number of thiazole rings is 1. The molecule has 4 atom stereocenters. The van der Waals surface area contributed by atoms with Gasteiger partial charge in [0.2, 0.25) is 17.7 Å². The van der Waals surface area contributed by atoms with Crippen molar-refractivity contribution in [2.75, 3.05) is 31.7 Å². The Morgan fingerprint density at radius 1 is 1.05 bits per heavy atom. The van der Waals surface area contributed by atoms with Crippen molar-refractivity contribution in [1.82, 2.24) is 20.9 Å². The fraction of sp³-hybridized carbons (Fsp3) is 0.531. The van der Waals surface area contributed by atoms with E-state index in [2.05, 4.69) is 31.9 Å². The molecule has 0 saturated carbocycles. The molecular formula is C32H41N5O6S. The molecular weight excluding hydrogens is 582 g/mol. The van der Waals surface area contributed by atoms with E-state index in [0.717, 1.165) is 59.9 Å². The Morgan fingerprint density at radius 2 is 1.77 bits per heavy atom. The van der Waals surface area contributed by atoms with Crippen LogP contribution in [0.2, 0.25) is 0 Å². The first-order chi connectivity index (χ1) is 21.1. The van der Waals surface area contributed by atoms with E-state index in [1.807, 2.05) is 12.1 Å². The predicted molar refractivity (Wildman–Crippen MR) is 167 cm³/mol. The molecule has 3 amide bonds. The molecule has 1 aromatic carbocycles. The van der Waals surface area contributed by atoms with Crippen molar-refractivity contribution in [3.8, 4) is 5.75 Å². The highest BCUT2D eigenvalue weighted by Gasteiger charge is 2.50. The highest BCUT2D eigenvalue weighted by atomic mass is 32.1. The van der Waals surface area contributed by atoms with Crippen LogP contribution in [0.1, 0.15) is 56.4 Å². The van der Waals surface area contributed by atoms with Gasteiger partial charge in [-0.3, -0.25) is 19.2 Å². The van der Waals surface area contributed by atoms with Crippen molar-refractivity contribution >= 4 is 40.0 Å². The highest BCUT2D eigenvalue weighted by Crippen LogP contribution is 2.31. The first-order valence-electron chi connectivity index (χ1n) is 15.2. The first kappa shape index (κ1) is 31.6. The summed E-state index contributed by atoms with van der Waals surface area (Å²) >= 11 is 1.48. The summed E-state index contributed by atoms with van der Waals surface area (Å²) in [5.41, 5.74) is 1.03. The van der Waals surface area contributed by atoms with Crippen LogP contribution in [-0.4, -0.2) is 79.0 Å². The van der Waals surface area contributed by atoms with Crippen molar-refractivity contribution in [1.29, 1.82) is 0 Å². The number of aromatic nitrogens is 1. The second kappa shape index (κ2) is 13.9. The molecule has 2 aliphatic heterocycles. The number of allylic oxidation sites excluding steroid dienone is 1. The number of hydrogen-bond acceptors (Lipinski definition) is 9. The largest absolute Gasteiger partial charge is 0.497 e. The van der Waals surface area contributed by atoms with Gasteiger partial charge in [-0.15, -0.1) is 11.3 Å². The predicted octanol–water partition coefficient (Wildman–Crippen LogP) is 2.48. The zero-order valence-corrected chi connectivity index (χ0v) is 26.3. The second-order valence-corrected chi connectivity index (χ2v) is 13.0. The van der Waals surface area contributed by atoms with Crippen LogP contribution in [0.25, 0.3) is 0 Å². The third-order valence-electron chi connectivity index (χ3n) is 8.34. The Kier molecular flexibility index (Phi) is 10.00. The van der Waals surface area contributed by atoms with Crippen LogP contribution in [0.15, 0.2) is 42.1 Å². The number of benzene rings is 1. The number of ketones is 1. The van der Waals surface area contributed by atoms with Crippen LogP contribution >= 0.6 is 11.3 Å². The van der Waals surface area contributed by atoms with Crippen molar-refractivity contribution in [3.63, 3.8) is 0 Å². The molecule has 236 valence electrons. The summed E-state index contributed by atoms with van der Waals surface area (Å²) in [6.07, 6.45) is 8.55. The summed E-state index contributed by atoms with van der Waals surface area (Å²) in [7, 11) is 1.57. The quantitative estimate of drug-likeness (QED) is 0.203. The van der Waals surface area contributed by atoms with Gasteiger partial charge in [0, 0.05) is 30.6 Å². The van der Waals surface area contributed by atoms with Crippen molar-refractivity contribution < 1.29 is 28.7 Å². The average Bonchev–Trinajstić information content (AvgIpc) is 3.31. The number of ether oxygens (including phenoxy) is 2. The smallest absolute Gasteiger partial charge is 0.243 e. The molecule has 1 aromatic heterocycles. The number of carbonyl (C=O) groups is 4. The van der Waals surface area contributed by atoms with Crippen LogP contribution in [0.4, 0.5) is 5.13 Å². The summed E-state index contributed by atoms with van der Waals surface area (Å²) in [5.74, 6) is -0.792. The number of carbonyl (C=O) groups excluding carboxylic acids is 4. The van der Waals surface area contributed by atoms with Gasteiger partial charge in [0.1, 0.15) is 23.4 Å². The van der Waals surface area contributed by atoms with Crippen molar-refractivity contribution in [2.45, 2.75) is 82.5 Å². The topological polar surface area (TPSA) is 142 Å². The minimum absolute atomic E-state index is 0.110. The van der Waals surface area contributed by atoms with Crippen LogP contribution in [0, 0.1) is 0 Å². The Morgan fingerprint density at radius 3 is 2.39 bits per heavy atom. The van der Waals surface area contributed by atoms with Crippen molar-refractivity contribution in [3.05, 3.63) is 52.6 Å². The SMILES string of the molecule is COc1ccc(CC(NC(=O)C(C)NC(=O)Cc2cnc(N3CCC3)s2)C(=O)NC(CC2=CCCC2)C(=O)C2(C)CO2)cc1. The van der Waals surface area contributed by atoms with Crippen LogP contribution in [0.3, 0.4) is 0 Å². The van der Waals surface area contributed by atoms with Gasteiger partial charge >= 0.3 is 0 Å². The molecule has 3 N–H and O–H groups in total. The van der Waals surface area contributed by atoms with E-state index in [1.54, 1.807) is 39.3 Å². The van der Waals surface area contributed by atoms with E-state index < -0.39 is 35.5 Å². The van der Waals surface area contributed by atoms with Gasteiger partial charge < -0.3 is 30.3 Å². The molecule has 5 rings (SSSR count). The summed E-state index contributed by atoms with van der Waals surface area (Å²) in [4.78, 5) is 60.6. The number of methoxy groups -OCH3 is 1. The number of rotatable bonds is 15. The lowest BCUT2D eigenvalue weighted by Crippen LogP contribution is -2.56. The molecule has 2 aromatic rings. The highest BCUT2D eigenvalue weighted by molar-refractivity contribution is 7.15. The number of nitrogens with one attached hydrogen (secondary N) is 3. The minimum atomic E-state index is -0.989.